The van der Waals surface area contributed by atoms with Gasteiger partial charge in [0.15, 0.2) is 17.3 Å². The molecule has 6 heteroatoms. The lowest BCUT2D eigenvalue weighted by atomic mass is 10.1. The lowest BCUT2D eigenvalue weighted by molar-refractivity contribution is -0.137. The average Bonchev–Trinajstić information content (AvgIpc) is 2.63. The summed E-state index contributed by atoms with van der Waals surface area (Å²) in [6.07, 6.45) is 5.90. The van der Waals surface area contributed by atoms with Crippen molar-refractivity contribution in [3.63, 3.8) is 0 Å². The fourth-order valence-corrected chi connectivity index (χ4v) is 2.35. The van der Waals surface area contributed by atoms with E-state index in [1.807, 2.05) is 6.92 Å². The number of carbonyl (C=O) groups is 3. The molecule has 26 heavy (non-hydrogen) atoms. The average molecular weight is 363 g/mol. The number of ketones is 1. The van der Waals surface area contributed by atoms with E-state index in [9.17, 15) is 14.4 Å². The lowest BCUT2D eigenvalue weighted by Crippen LogP contribution is -2.15. The maximum atomic E-state index is 12.0. The monoisotopic (exact) mass is 363 g/mol. The molecule has 0 spiro atoms. The SMILES string of the molecule is CCCCCC(=O)Oc1ccc(C(=O)CN)cc1OC(=O)CCCCC. The van der Waals surface area contributed by atoms with Crippen molar-refractivity contribution in [1.82, 2.24) is 0 Å². The van der Waals surface area contributed by atoms with Crippen molar-refractivity contribution in [2.45, 2.75) is 65.2 Å². The number of carbonyl (C=O) groups excluding carboxylic acids is 3. The zero-order valence-electron chi connectivity index (χ0n) is 15.7. The molecule has 144 valence electrons. The summed E-state index contributed by atoms with van der Waals surface area (Å²) in [4.78, 5) is 35.8. The Bertz CT molecular complexity index is 612. The number of unbranched alkanes of at least 4 members (excludes halogenated alkanes) is 4. The first-order chi connectivity index (χ1) is 12.5. The van der Waals surface area contributed by atoms with Crippen LogP contribution < -0.4 is 15.2 Å². The van der Waals surface area contributed by atoms with Crippen LogP contribution >= 0.6 is 0 Å². The van der Waals surface area contributed by atoms with Gasteiger partial charge in [-0.1, -0.05) is 39.5 Å². The minimum atomic E-state index is -0.418. The number of nitrogens with two attached hydrogens (primary N) is 1. The molecule has 1 aromatic rings. The highest BCUT2D eigenvalue weighted by atomic mass is 16.6. The molecule has 0 atom stereocenters. The second-order valence-corrected chi connectivity index (χ2v) is 6.15. The van der Waals surface area contributed by atoms with Crippen molar-refractivity contribution in [2.24, 2.45) is 5.73 Å². The first kappa shape index (κ1) is 21.8. The summed E-state index contributed by atoms with van der Waals surface area (Å²) in [6, 6.07) is 4.38. The van der Waals surface area contributed by atoms with Gasteiger partial charge in [-0.2, -0.15) is 0 Å². The molecule has 2 N–H and O–H groups in total. The van der Waals surface area contributed by atoms with Crippen LogP contribution in [0.2, 0.25) is 0 Å². The molecular weight excluding hydrogens is 334 g/mol. The van der Waals surface area contributed by atoms with Crippen LogP contribution in [0.4, 0.5) is 0 Å². The van der Waals surface area contributed by atoms with Gasteiger partial charge in [-0.05, 0) is 31.0 Å². The van der Waals surface area contributed by atoms with Gasteiger partial charge < -0.3 is 15.2 Å². The maximum Gasteiger partial charge on any atom is 0.311 e. The normalized spacial score (nSPS) is 10.4. The van der Waals surface area contributed by atoms with Crippen LogP contribution in [-0.2, 0) is 9.59 Å². The van der Waals surface area contributed by atoms with E-state index < -0.39 is 5.97 Å². The molecule has 0 aliphatic carbocycles. The van der Waals surface area contributed by atoms with Gasteiger partial charge in [0, 0.05) is 18.4 Å². The summed E-state index contributed by atoms with van der Waals surface area (Å²) in [5.41, 5.74) is 5.70. The van der Waals surface area contributed by atoms with Crippen molar-refractivity contribution < 1.29 is 23.9 Å². The number of hydrogen-bond donors (Lipinski definition) is 1. The predicted molar refractivity (Wildman–Crippen MR) is 99.4 cm³/mol. The summed E-state index contributed by atoms with van der Waals surface area (Å²) >= 11 is 0. The fraction of sp³-hybridized carbons (Fsp3) is 0.550. The molecule has 0 aliphatic rings. The van der Waals surface area contributed by atoms with Crippen molar-refractivity contribution in [2.75, 3.05) is 6.54 Å². The van der Waals surface area contributed by atoms with Crippen LogP contribution in [0.15, 0.2) is 18.2 Å². The number of ether oxygens (including phenoxy) is 2. The molecule has 0 amide bonds. The fourth-order valence-electron chi connectivity index (χ4n) is 2.35. The quantitative estimate of drug-likeness (QED) is 0.263. The lowest BCUT2D eigenvalue weighted by Gasteiger charge is -2.12. The molecule has 0 unspecified atom stereocenters. The van der Waals surface area contributed by atoms with E-state index >= 15 is 0 Å². The van der Waals surface area contributed by atoms with Gasteiger partial charge in [0.1, 0.15) is 0 Å². The van der Waals surface area contributed by atoms with Crippen LogP contribution in [0.25, 0.3) is 0 Å². The number of benzene rings is 1. The zero-order valence-corrected chi connectivity index (χ0v) is 15.7. The molecule has 0 aliphatic heterocycles. The summed E-state index contributed by atoms with van der Waals surface area (Å²) in [7, 11) is 0. The van der Waals surface area contributed by atoms with E-state index in [0.29, 0.717) is 12.0 Å². The Balaban J connectivity index is 2.88. The molecule has 1 aromatic carbocycles. The van der Waals surface area contributed by atoms with E-state index in [1.54, 1.807) is 0 Å². The van der Waals surface area contributed by atoms with Crippen molar-refractivity contribution in [3.05, 3.63) is 23.8 Å². The second-order valence-electron chi connectivity index (χ2n) is 6.15. The van der Waals surface area contributed by atoms with E-state index in [0.717, 1.165) is 38.5 Å². The van der Waals surface area contributed by atoms with Gasteiger partial charge in [-0.15, -0.1) is 0 Å². The van der Waals surface area contributed by atoms with Crippen molar-refractivity contribution in [3.8, 4) is 11.5 Å². The largest absolute Gasteiger partial charge is 0.423 e. The Labute approximate surface area is 155 Å². The molecule has 0 heterocycles. The van der Waals surface area contributed by atoms with E-state index in [-0.39, 0.29) is 36.2 Å². The highest BCUT2D eigenvalue weighted by molar-refractivity contribution is 5.98. The first-order valence-electron chi connectivity index (χ1n) is 9.30. The van der Waals surface area contributed by atoms with Gasteiger partial charge in [0.05, 0.1) is 6.54 Å². The molecule has 0 fully saturated rings. The number of Topliss-reactive ketones (excluding diaryl/α,β-unsaturated/α-hetero) is 1. The van der Waals surface area contributed by atoms with Crippen molar-refractivity contribution >= 4 is 17.7 Å². The molecule has 1 rings (SSSR count). The third-order valence-corrected chi connectivity index (χ3v) is 3.87. The molecule has 0 radical (unpaired) electrons. The van der Waals surface area contributed by atoms with Gasteiger partial charge in [-0.25, -0.2) is 0 Å². The van der Waals surface area contributed by atoms with Crippen LogP contribution in [0.1, 0.15) is 75.6 Å². The standard InChI is InChI=1S/C20H29NO5/c1-3-5-7-9-19(23)25-17-12-11-15(16(22)14-21)13-18(17)26-20(24)10-8-6-4-2/h11-13H,3-10,14,21H2,1-2H3. The minimum Gasteiger partial charge on any atom is -0.423 e. The number of hydrogen-bond acceptors (Lipinski definition) is 6. The molecular formula is C20H29NO5. The summed E-state index contributed by atoms with van der Waals surface area (Å²) in [5.74, 6) is -0.869. The van der Waals surface area contributed by atoms with Crippen LogP contribution in [-0.4, -0.2) is 24.3 Å². The Morgan fingerprint density at radius 1 is 0.846 bits per heavy atom. The second kappa shape index (κ2) is 12.2. The first-order valence-corrected chi connectivity index (χ1v) is 9.30. The predicted octanol–water partition coefficient (Wildman–Crippen LogP) is 3.80. The topological polar surface area (TPSA) is 95.7 Å². The Morgan fingerprint density at radius 2 is 1.38 bits per heavy atom. The smallest absolute Gasteiger partial charge is 0.311 e. The third-order valence-electron chi connectivity index (χ3n) is 3.87. The zero-order chi connectivity index (χ0) is 19.4. The minimum absolute atomic E-state index is 0.0784. The Kier molecular flexibility index (Phi) is 10.2. The van der Waals surface area contributed by atoms with E-state index in [1.165, 1.54) is 18.2 Å². The van der Waals surface area contributed by atoms with Gasteiger partial charge >= 0.3 is 11.9 Å². The summed E-state index contributed by atoms with van der Waals surface area (Å²) in [6.45, 7) is 3.94. The Hall–Kier alpha value is -2.21. The molecule has 6 nitrogen and oxygen atoms in total. The molecule has 0 bridgehead atoms. The van der Waals surface area contributed by atoms with Crippen LogP contribution in [0.3, 0.4) is 0 Å². The number of rotatable bonds is 12. The summed E-state index contributed by atoms with van der Waals surface area (Å²) in [5, 5.41) is 0. The Morgan fingerprint density at radius 3 is 1.88 bits per heavy atom. The maximum absolute atomic E-state index is 12.0. The van der Waals surface area contributed by atoms with Crippen LogP contribution in [0.5, 0.6) is 11.5 Å². The van der Waals surface area contributed by atoms with Gasteiger partial charge in [0.25, 0.3) is 0 Å². The van der Waals surface area contributed by atoms with E-state index in [4.69, 9.17) is 15.2 Å². The van der Waals surface area contributed by atoms with Crippen LogP contribution in [0, 0.1) is 0 Å². The van der Waals surface area contributed by atoms with E-state index in [2.05, 4.69) is 6.92 Å². The highest BCUT2D eigenvalue weighted by Crippen LogP contribution is 2.30. The van der Waals surface area contributed by atoms with Gasteiger partial charge in [-0.3, -0.25) is 14.4 Å². The molecule has 0 aromatic heterocycles. The molecule has 0 saturated carbocycles. The third kappa shape index (κ3) is 7.78. The van der Waals surface area contributed by atoms with Gasteiger partial charge in [0.2, 0.25) is 0 Å². The number of esters is 2. The van der Waals surface area contributed by atoms with Crippen molar-refractivity contribution in [1.29, 1.82) is 0 Å². The summed E-state index contributed by atoms with van der Waals surface area (Å²) < 4.78 is 10.7. The molecule has 0 saturated heterocycles. The highest BCUT2D eigenvalue weighted by Gasteiger charge is 2.16.